The van der Waals surface area contributed by atoms with Gasteiger partial charge in [0.05, 0.1) is 6.20 Å². The molecule has 3 N–H and O–H groups in total. The van der Waals surface area contributed by atoms with Gasteiger partial charge in [-0.3, -0.25) is 16.0 Å². The molecule has 0 aliphatic carbocycles. The van der Waals surface area contributed by atoms with Crippen molar-refractivity contribution in [3.05, 3.63) is 52.6 Å². The second-order valence-electron chi connectivity index (χ2n) is 4.49. The summed E-state index contributed by atoms with van der Waals surface area (Å²) in [5.41, 5.74) is 4.22. The van der Waals surface area contributed by atoms with E-state index in [0.717, 1.165) is 5.56 Å². The van der Waals surface area contributed by atoms with E-state index >= 15 is 0 Å². The van der Waals surface area contributed by atoms with Crippen molar-refractivity contribution in [3.63, 3.8) is 0 Å². The van der Waals surface area contributed by atoms with E-state index in [4.69, 9.17) is 17.4 Å². The maximum atomic E-state index is 13.7. The smallest absolute Gasteiger partial charge is 0.127 e. The Morgan fingerprint density at radius 3 is 2.84 bits per heavy atom. The van der Waals surface area contributed by atoms with E-state index in [9.17, 15) is 4.39 Å². The van der Waals surface area contributed by atoms with Gasteiger partial charge >= 0.3 is 0 Å². The van der Waals surface area contributed by atoms with E-state index in [2.05, 4.69) is 10.5 Å². The zero-order valence-electron chi connectivity index (χ0n) is 10.6. The Kier molecular flexibility index (Phi) is 4.52. The highest BCUT2D eigenvalue weighted by molar-refractivity contribution is 6.31. The van der Waals surface area contributed by atoms with Gasteiger partial charge < -0.3 is 0 Å². The summed E-state index contributed by atoms with van der Waals surface area (Å²) in [6, 6.07) is 4.57. The van der Waals surface area contributed by atoms with Crippen molar-refractivity contribution in [2.45, 2.75) is 18.9 Å². The Morgan fingerprint density at radius 2 is 2.26 bits per heavy atom. The minimum Gasteiger partial charge on any atom is -0.276 e. The molecule has 0 fully saturated rings. The van der Waals surface area contributed by atoms with Crippen molar-refractivity contribution < 1.29 is 4.39 Å². The first-order chi connectivity index (χ1) is 9.10. The molecule has 0 aliphatic rings. The third-order valence-electron chi connectivity index (χ3n) is 2.99. The first-order valence-electron chi connectivity index (χ1n) is 5.96. The van der Waals surface area contributed by atoms with Crippen LogP contribution >= 0.6 is 11.6 Å². The Bertz CT molecular complexity index is 535. The van der Waals surface area contributed by atoms with Crippen molar-refractivity contribution in [1.82, 2.24) is 15.2 Å². The van der Waals surface area contributed by atoms with Crippen LogP contribution in [0, 0.1) is 5.82 Å². The summed E-state index contributed by atoms with van der Waals surface area (Å²) in [5, 5.41) is 4.52. The molecule has 1 heterocycles. The topological polar surface area (TPSA) is 55.9 Å². The number of aromatic nitrogens is 2. The molecule has 0 aliphatic heterocycles. The van der Waals surface area contributed by atoms with Crippen LogP contribution in [-0.4, -0.2) is 15.8 Å². The molecule has 1 atom stereocenters. The summed E-state index contributed by atoms with van der Waals surface area (Å²) in [4.78, 5) is 0. The lowest BCUT2D eigenvalue weighted by Crippen LogP contribution is -2.38. The molecule has 0 bridgehead atoms. The summed E-state index contributed by atoms with van der Waals surface area (Å²) < 4.78 is 15.4. The normalized spacial score (nSPS) is 12.6. The minimum absolute atomic E-state index is 0.0985. The van der Waals surface area contributed by atoms with Crippen molar-refractivity contribution in [2.24, 2.45) is 12.9 Å². The van der Waals surface area contributed by atoms with Crippen LogP contribution in [0.15, 0.2) is 30.6 Å². The van der Waals surface area contributed by atoms with Gasteiger partial charge in [-0.1, -0.05) is 17.7 Å². The lowest BCUT2D eigenvalue weighted by Gasteiger charge is -2.16. The summed E-state index contributed by atoms with van der Waals surface area (Å²) in [6.45, 7) is 0. The van der Waals surface area contributed by atoms with Crippen molar-refractivity contribution in [3.8, 4) is 0 Å². The number of nitrogens with zero attached hydrogens (tertiary/aromatic N) is 2. The number of hydrazine groups is 1. The van der Waals surface area contributed by atoms with E-state index in [-0.39, 0.29) is 11.9 Å². The summed E-state index contributed by atoms with van der Waals surface area (Å²) >= 11 is 6.01. The molecule has 1 aromatic carbocycles. The Balaban J connectivity index is 2.11. The van der Waals surface area contributed by atoms with Crippen LogP contribution in [0.4, 0.5) is 4.39 Å². The van der Waals surface area contributed by atoms with Gasteiger partial charge in [0.25, 0.3) is 0 Å². The number of nitrogens with one attached hydrogen (secondary N) is 1. The van der Waals surface area contributed by atoms with Crippen LogP contribution in [0.25, 0.3) is 0 Å². The first kappa shape index (κ1) is 14.0. The molecule has 2 aromatic rings. The molecule has 0 saturated heterocycles. The average molecular weight is 283 g/mol. The maximum absolute atomic E-state index is 13.7. The van der Waals surface area contributed by atoms with E-state index in [0.29, 0.717) is 23.4 Å². The Labute approximate surface area is 116 Å². The van der Waals surface area contributed by atoms with E-state index in [1.807, 2.05) is 13.2 Å². The predicted molar refractivity (Wildman–Crippen MR) is 73.1 cm³/mol. The Morgan fingerprint density at radius 1 is 1.47 bits per heavy atom. The zero-order valence-corrected chi connectivity index (χ0v) is 11.4. The van der Waals surface area contributed by atoms with Crippen molar-refractivity contribution >= 4 is 11.6 Å². The molecule has 19 heavy (non-hydrogen) atoms. The molecular formula is C13H16ClFN4. The van der Waals surface area contributed by atoms with Crippen LogP contribution in [0.2, 0.25) is 5.02 Å². The van der Waals surface area contributed by atoms with E-state index in [1.54, 1.807) is 23.0 Å². The van der Waals surface area contributed by atoms with E-state index < -0.39 is 0 Å². The number of benzene rings is 1. The second kappa shape index (κ2) is 6.14. The largest absolute Gasteiger partial charge is 0.276 e. The van der Waals surface area contributed by atoms with Gasteiger partial charge in [-0.2, -0.15) is 5.10 Å². The summed E-state index contributed by atoms with van der Waals surface area (Å²) in [6.07, 6.45) is 4.77. The minimum atomic E-state index is -0.307. The number of hydrogen-bond acceptors (Lipinski definition) is 3. The molecule has 2 rings (SSSR count). The number of aryl methyl sites for hydroxylation is 1. The van der Waals surface area contributed by atoms with Gasteiger partial charge in [0.2, 0.25) is 0 Å². The third-order valence-corrected chi connectivity index (χ3v) is 3.34. The SMILES string of the molecule is Cn1cc(CC(Cc2c(F)cccc2Cl)NN)cn1. The van der Waals surface area contributed by atoms with Gasteiger partial charge in [0.1, 0.15) is 5.82 Å². The molecular weight excluding hydrogens is 267 g/mol. The van der Waals surface area contributed by atoms with E-state index in [1.165, 1.54) is 6.07 Å². The molecule has 0 spiro atoms. The Hall–Kier alpha value is -1.43. The van der Waals surface area contributed by atoms with Gasteiger partial charge in [-0.15, -0.1) is 0 Å². The number of hydrogen-bond donors (Lipinski definition) is 2. The van der Waals surface area contributed by atoms with Gasteiger partial charge in [0, 0.05) is 29.9 Å². The van der Waals surface area contributed by atoms with Crippen LogP contribution < -0.4 is 11.3 Å². The van der Waals surface area contributed by atoms with Crippen LogP contribution in [0.5, 0.6) is 0 Å². The number of halogens is 2. The van der Waals surface area contributed by atoms with Gasteiger partial charge in [0.15, 0.2) is 0 Å². The monoisotopic (exact) mass is 282 g/mol. The fourth-order valence-corrected chi connectivity index (χ4v) is 2.27. The fourth-order valence-electron chi connectivity index (χ4n) is 2.03. The first-order valence-corrected chi connectivity index (χ1v) is 6.34. The molecule has 0 saturated carbocycles. The maximum Gasteiger partial charge on any atom is 0.127 e. The van der Waals surface area contributed by atoms with Crippen LogP contribution in [-0.2, 0) is 19.9 Å². The van der Waals surface area contributed by atoms with Gasteiger partial charge in [-0.25, -0.2) is 4.39 Å². The lowest BCUT2D eigenvalue weighted by molar-refractivity contribution is 0.506. The predicted octanol–water partition coefficient (Wildman–Crippen LogP) is 1.83. The molecule has 0 radical (unpaired) electrons. The van der Waals surface area contributed by atoms with Crippen molar-refractivity contribution in [2.75, 3.05) is 0 Å². The lowest BCUT2D eigenvalue weighted by atomic mass is 10.0. The average Bonchev–Trinajstić information content (AvgIpc) is 2.78. The number of nitrogens with two attached hydrogens (primary N) is 1. The highest BCUT2D eigenvalue weighted by atomic mass is 35.5. The molecule has 1 aromatic heterocycles. The third kappa shape index (κ3) is 3.53. The molecule has 0 amide bonds. The summed E-state index contributed by atoms with van der Waals surface area (Å²) in [7, 11) is 1.85. The van der Waals surface area contributed by atoms with Crippen LogP contribution in [0.3, 0.4) is 0 Å². The van der Waals surface area contributed by atoms with Crippen molar-refractivity contribution in [1.29, 1.82) is 0 Å². The quantitative estimate of drug-likeness (QED) is 0.650. The molecule has 6 heteroatoms. The van der Waals surface area contributed by atoms with Crippen LogP contribution in [0.1, 0.15) is 11.1 Å². The second-order valence-corrected chi connectivity index (χ2v) is 4.90. The molecule has 1 unspecified atom stereocenters. The highest BCUT2D eigenvalue weighted by Gasteiger charge is 2.15. The summed E-state index contributed by atoms with van der Waals surface area (Å²) in [5.74, 6) is 5.23. The standard InChI is InChI=1S/C13H16ClFN4/c1-19-8-9(7-17-19)5-10(18-16)6-11-12(14)3-2-4-13(11)15/h2-4,7-8,10,18H,5-6,16H2,1H3. The molecule has 102 valence electrons. The molecule has 4 nitrogen and oxygen atoms in total. The number of rotatable bonds is 5. The highest BCUT2D eigenvalue weighted by Crippen LogP contribution is 2.21. The fraction of sp³-hybridized carbons (Fsp3) is 0.308. The van der Waals surface area contributed by atoms with Gasteiger partial charge in [-0.05, 0) is 30.5 Å². The zero-order chi connectivity index (χ0) is 13.8.